The molecule has 0 spiro atoms. The van der Waals surface area contributed by atoms with Gasteiger partial charge in [-0.2, -0.15) is 0 Å². The van der Waals surface area contributed by atoms with Crippen LogP contribution < -0.4 is 5.32 Å². The van der Waals surface area contributed by atoms with Gasteiger partial charge >= 0.3 is 5.97 Å². The van der Waals surface area contributed by atoms with E-state index in [-0.39, 0.29) is 12.2 Å². The molecular weight excluding hydrogens is 145 g/mol. The van der Waals surface area contributed by atoms with Crippen LogP contribution in [0.25, 0.3) is 0 Å². The molecule has 0 saturated heterocycles. The predicted octanol–water partition coefficient (Wildman–Crippen LogP) is -0.642. The van der Waals surface area contributed by atoms with Crippen LogP contribution >= 0.6 is 0 Å². The number of carbonyl (C=O) groups is 2. The van der Waals surface area contributed by atoms with Gasteiger partial charge in [-0.1, -0.05) is 6.08 Å². The molecule has 2 N–H and O–H groups in total. The van der Waals surface area contributed by atoms with Crippen molar-refractivity contribution in [2.45, 2.75) is 12.5 Å². The molecule has 0 unspecified atom stereocenters. The summed E-state index contributed by atoms with van der Waals surface area (Å²) in [7, 11) is 1.28. The standard InChI is InChI=1S/C6H10BNO3/c1-2-3-4(5(9)10)8-6(7)11/h2,4H,1,3,7H2,(H,8,11)(H,9,10)/t4-/m0/s1. The van der Waals surface area contributed by atoms with Crippen molar-refractivity contribution in [3.8, 4) is 0 Å². The van der Waals surface area contributed by atoms with Crippen LogP contribution in [-0.4, -0.2) is 30.8 Å². The molecular formula is C6H10BNO3. The van der Waals surface area contributed by atoms with Crippen LogP contribution in [0.15, 0.2) is 12.7 Å². The van der Waals surface area contributed by atoms with Gasteiger partial charge in [0.15, 0.2) is 5.81 Å². The molecule has 5 heteroatoms. The summed E-state index contributed by atoms with van der Waals surface area (Å²) in [6.07, 6.45) is 1.70. The van der Waals surface area contributed by atoms with E-state index in [0.717, 1.165) is 0 Å². The van der Waals surface area contributed by atoms with Crippen molar-refractivity contribution >= 4 is 19.6 Å². The maximum Gasteiger partial charge on any atom is 0.326 e. The number of amides is 1. The van der Waals surface area contributed by atoms with Crippen molar-refractivity contribution in [3.05, 3.63) is 12.7 Å². The van der Waals surface area contributed by atoms with E-state index in [9.17, 15) is 9.59 Å². The van der Waals surface area contributed by atoms with E-state index in [4.69, 9.17) is 5.11 Å². The molecule has 0 bridgehead atoms. The molecule has 0 aromatic rings. The molecule has 0 fully saturated rings. The molecule has 1 amide bonds. The van der Waals surface area contributed by atoms with Crippen molar-refractivity contribution in [2.75, 3.05) is 0 Å². The lowest BCUT2D eigenvalue weighted by molar-refractivity contribution is -0.139. The number of carboxylic acid groups (broad SMARTS) is 1. The topological polar surface area (TPSA) is 66.4 Å². The Labute approximate surface area is 65.7 Å². The molecule has 0 rings (SSSR count). The van der Waals surface area contributed by atoms with E-state index in [1.54, 1.807) is 0 Å². The third-order valence-electron chi connectivity index (χ3n) is 1.08. The van der Waals surface area contributed by atoms with E-state index in [2.05, 4.69) is 11.9 Å². The van der Waals surface area contributed by atoms with Crippen molar-refractivity contribution in [3.63, 3.8) is 0 Å². The highest BCUT2D eigenvalue weighted by molar-refractivity contribution is 6.57. The van der Waals surface area contributed by atoms with Gasteiger partial charge in [-0.25, -0.2) is 4.79 Å². The number of carboxylic acids is 1. The minimum absolute atomic E-state index is 0.245. The number of hydrogen-bond acceptors (Lipinski definition) is 2. The van der Waals surface area contributed by atoms with Gasteiger partial charge in [0.05, 0.1) is 0 Å². The first-order valence-electron chi connectivity index (χ1n) is 3.18. The molecule has 0 aromatic carbocycles. The first-order valence-corrected chi connectivity index (χ1v) is 3.18. The summed E-state index contributed by atoms with van der Waals surface area (Å²) in [6.45, 7) is 3.38. The molecule has 11 heavy (non-hydrogen) atoms. The number of rotatable bonds is 4. The Bertz CT molecular complexity index is 181. The average Bonchev–Trinajstić information content (AvgIpc) is 1.86. The van der Waals surface area contributed by atoms with Gasteiger partial charge in [-0.05, 0) is 6.42 Å². The maximum absolute atomic E-state index is 10.4. The SMILES string of the molecule is BC(=O)N[C@@H](CC=C)C(=O)O. The van der Waals surface area contributed by atoms with Crippen molar-refractivity contribution < 1.29 is 14.7 Å². The molecule has 0 aliphatic heterocycles. The average molecular weight is 155 g/mol. The lowest BCUT2D eigenvalue weighted by Gasteiger charge is -2.09. The van der Waals surface area contributed by atoms with Gasteiger partial charge in [0.1, 0.15) is 6.04 Å². The highest BCUT2D eigenvalue weighted by Gasteiger charge is 2.15. The lowest BCUT2D eigenvalue weighted by atomic mass is 10.1. The largest absolute Gasteiger partial charge is 0.480 e. The fourth-order valence-electron chi connectivity index (χ4n) is 0.634. The number of carbonyl (C=O) groups excluding carboxylic acids is 1. The smallest absolute Gasteiger partial charge is 0.326 e. The van der Waals surface area contributed by atoms with E-state index in [0.29, 0.717) is 0 Å². The van der Waals surface area contributed by atoms with Crippen LogP contribution in [0, 0.1) is 0 Å². The van der Waals surface area contributed by atoms with Gasteiger partial charge in [0.2, 0.25) is 7.85 Å². The highest BCUT2D eigenvalue weighted by atomic mass is 16.4. The lowest BCUT2D eigenvalue weighted by Crippen LogP contribution is -2.39. The van der Waals surface area contributed by atoms with Crippen molar-refractivity contribution in [1.82, 2.24) is 5.32 Å². The summed E-state index contributed by atoms with van der Waals surface area (Å²) in [5, 5.41) is 10.8. The second-order valence-corrected chi connectivity index (χ2v) is 2.12. The molecule has 1 atom stereocenters. The minimum atomic E-state index is -1.04. The summed E-state index contributed by atoms with van der Waals surface area (Å²) in [5.74, 6) is -1.39. The third-order valence-corrected chi connectivity index (χ3v) is 1.08. The third kappa shape index (κ3) is 4.19. The number of aliphatic carboxylic acids is 1. The van der Waals surface area contributed by atoms with Gasteiger partial charge in [-0.3, -0.25) is 4.79 Å². The Morgan fingerprint density at radius 3 is 2.55 bits per heavy atom. The molecule has 0 radical (unpaired) electrons. The van der Waals surface area contributed by atoms with Gasteiger partial charge in [-0.15, -0.1) is 6.58 Å². The Kier molecular flexibility index (Phi) is 4.03. The van der Waals surface area contributed by atoms with Crippen LogP contribution in [0.3, 0.4) is 0 Å². The highest BCUT2D eigenvalue weighted by Crippen LogP contribution is 1.92. The van der Waals surface area contributed by atoms with Gasteiger partial charge < -0.3 is 10.4 Å². The quantitative estimate of drug-likeness (QED) is 0.419. The van der Waals surface area contributed by atoms with Crippen LogP contribution in [0.1, 0.15) is 6.42 Å². The summed E-state index contributed by atoms with van der Waals surface area (Å²) in [6, 6.07) is -0.843. The molecule has 0 aliphatic carbocycles. The zero-order chi connectivity index (χ0) is 8.85. The summed E-state index contributed by atoms with van der Waals surface area (Å²) < 4.78 is 0. The zero-order valence-electron chi connectivity index (χ0n) is 6.33. The molecule has 0 heterocycles. The molecule has 4 nitrogen and oxygen atoms in total. The van der Waals surface area contributed by atoms with E-state index in [1.807, 2.05) is 0 Å². The molecule has 0 saturated carbocycles. The second kappa shape index (κ2) is 4.54. The zero-order valence-corrected chi connectivity index (χ0v) is 6.33. The maximum atomic E-state index is 10.4. The van der Waals surface area contributed by atoms with Crippen LogP contribution in [0.5, 0.6) is 0 Å². The Balaban J connectivity index is 3.99. The Morgan fingerprint density at radius 1 is 1.73 bits per heavy atom. The number of nitrogens with one attached hydrogen (secondary N) is 1. The Morgan fingerprint density at radius 2 is 2.27 bits per heavy atom. The summed E-state index contributed by atoms with van der Waals surface area (Å²) >= 11 is 0. The van der Waals surface area contributed by atoms with Gasteiger partial charge in [0, 0.05) is 0 Å². The summed E-state index contributed by atoms with van der Waals surface area (Å²) in [5.41, 5.74) is 0. The number of hydrogen-bond donors (Lipinski definition) is 2. The van der Waals surface area contributed by atoms with Crippen LogP contribution in [-0.2, 0) is 4.79 Å². The summed E-state index contributed by atoms with van der Waals surface area (Å²) in [4.78, 5) is 20.8. The Hall–Kier alpha value is -1.26. The van der Waals surface area contributed by atoms with Crippen LogP contribution in [0.4, 0.5) is 4.79 Å². The predicted molar refractivity (Wildman–Crippen MR) is 43.3 cm³/mol. The fraction of sp³-hybridized carbons (Fsp3) is 0.333. The normalized spacial score (nSPS) is 11.6. The van der Waals surface area contributed by atoms with E-state index >= 15 is 0 Å². The van der Waals surface area contributed by atoms with E-state index < -0.39 is 12.0 Å². The van der Waals surface area contributed by atoms with E-state index in [1.165, 1.54) is 13.9 Å². The first-order chi connectivity index (χ1) is 5.07. The van der Waals surface area contributed by atoms with Crippen molar-refractivity contribution in [2.24, 2.45) is 0 Å². The van der Waals surface area contributed by atoms with Crippen LogP contribution in [0.2, 0.25) is 0 Å². The van der Waals surface area contributed by atoms with Crippen molar-refractivity contribution in [1.29, 1.82) is 0 Å². The minimum Gasteiger partial charge on any atom is -0.480 e. The molecule has 60 valence electrons. The van der Waals surface area contributed by atoms with Gasteiger partial charge in [0.25, 0.3) is 0 Å². The fourth-order valence-corrected chi connectivity index (χ4v) is 0.634. The monoisotopic (exact) mass is 155 g/mol. The first kappa shape index (κ1) is 9.74. The molecule has 0 aliphatic rings. The second-order valence-electron chi connectivity index (χ2n) is 2.12. The molecule has 0 aromatic heterocycles.